The van der Waals surface area contributed by atoms with Gasteiger partial charge in [0, 0.05) is 12.3 Å². The molecule has 0 unspecified atom stereocenters. The fraction of sp³-hybridized carbons (Fsp3) is 0.480. The zero-order valence-corrected chi connectivity index (χ0v) is 21.3. The molecule has 1 aliphatic rings. The molecule has 1 N–H and O–H groups in total. The summed E-state index contributed by atoms with van der Waals surface area (Å²) in [6.45, 7) is 10.1. The van der Waals surface area contributed by atoms with Gasteiger partial charge in [0.2, 0.25) is 5.91 Å². The number of rotatable bonds is 9. The summed E-state index contributed by atoms with van der Waals surface area (Å²) in [5, 5.41) is 14.9. The Morgan fingerprint density at radius 1 is 1.18 bits per heavy atom. The highest BCUT2D eigenvalue weighted by molar-refractivity contribution is 7.99. The van der Waals surface area contributed by atoms with Gasteiger partial charge in [-0.2, -0.15) is 0 Å². The molecular formula is C25H32N4O2S2. The van der Waals surface area contributed by atoms with Gasteiger partial charge in [0.15, 0.2) is 11.0 Å². The molecule has 8 heteroatoms. The third-order valence-corrected chi connectivity index (χ3v) is 7.67. The second kappa shape index (κ2) is 10.8. The Labute approximate surface area is 204 Å². The molecule has 33 heavy (non-hydrogen) atoms. The highest BCUT2D eigenvalue weighted by Crippen LogP contribution is 2.33. The van der Waals surface area contributed by atoms with Crippen LogP contribution in [0.15, 0.2) is 40.9 Å². The van der Waals surface area contributed by atoms with Gasteiger partial charge < -0.3 is 10.1 Å². The molecule has 0 aliphatic carbocycles. The number of para-hydroxylation sites is 1. The van der Waals surface area contributed by atoms with Crippen LogP contribution in [0.25, 0.3) is 10.7 Å². The van der Waals surface area contributed by atoms with Gasteiger partial charge in [-0.3, -0.25) is 9.36 Å². The molecule has 4 rings (SSSR count). The Kier molecular flexibility index (Phi) is 7.88. The van der Waals surface area contributed by atoms with Gasteiger partial charge in [0.1, 0.15) is 0 Å². The molecule has 1 aromatic carbocycles. The summed E-state index contributed by atoms with van der Waals surface area (Å²) in [5.41, 5.74) is 3.29. The Morgan fingerprint density at radius 3 is 2.55 bits per heavy atom. The van der Waals surface area contributed by atoms with E-state index < -0.39 is 0 Å². The fourth-order valence-corrected chi connectivity index (χ4v) is 5.61. The third kappa shape index (κ3) is 5.67. The molecule has 1 fully saturated rings. The molecule has 1 amide bonds. The van der Waals surface area contributed by atoms with E-state index in [0.29, 0.717) is 18.4 Å². The molecule has 0 bridgehead atoms. The van der Waals surface area contributed by atoms with Gasteiger partial charge in [0.25, 0.3) is 0 Å². The number of amides is 1. The number of thioether (sulfide) groups is 1. The summed E-state index contributed by atoms with van der Waals surface area (Å²) in [4.78, 5) is 14.1. The number of carbonyl (C=O) groups is 1. The zero-order valence-electron chi connectivity index (χ0n) is 19.7. The van der Waals surface area contributed by atoms with Crippen molar-refractivity contribution in [3.8, 4) is 10.7 Å². The van der Waals surface area contributed by atoms with Crippen LogP contribution in [-0.2, 0) is 16.1 Å². The van der Waals surface area contributed by atoms with Crippen LogP contribution in [0.4, 0.5) is 5.69 Å². The van der Waals surface area contributed by atoms with Crippen molar-refractivity contribution in [1.29, 1.82) is 0 Å². The monoisotopic (exact) mass is 484 g/mol. The Hall–Kier alpha value is -2.16. The summed E-state index contributed by atoms with van der Waals surface area (Å²) >= 11 is 3.07. The molecule has 0 radical (unpaired) electrons. The van der Waals surface area contributed by atoms with Gasteiger partial charge in [-0.25, -0.2) is 0 Å². The first kappa shape index (κ1) is 24.0. The van der Waals surface area contributed by atoms with Crippen LogP contribution in [0.1, 0.15) is 63.5 Å². The van der Waals surface area contributed by atoms with Crippen molar-refractivity contribution < 1.29 is 9.53 Å². The molecule has 6 nitrogen and oxygen atoms in total. The lowest BCUT2D eigenvalue weighted by Crippen LogP contribution is -2.19. The standard InChI is InChI=1S/C25H32N4O2S2/c1-16(2)19-9-5-10-20(17(3)4)23(19)26-22(30)15-33-25-28-27-24(21-11-7-13-32-21)29(25)14-18-8-6-12-31-18/h5,7,9-11,13,16-18H,6,8,12,14-15H2,1-4H3,(H,26,30)/t18-/m1/s1. The summed E-state index contributed by atoms with van der Waals surface area (Å²) in [7, 11) is 0. The topological polar surface area (TPSA) is 69.0 Å². The molecular weight excluding hydrogens is 452 g/mol. The van der Waals surface area contributed by atoms with Crippen LogP contribution >= 0.6 is 23.1 Å². The lowest BCUT2D eigenvalue weighted by molar-refractivity contribution is -0.113. The minimum atomic E-state index is -0.0284. The lowest BCUT2D eigenvalue weighted by atomic mass is 9.92. The van der Waals surface area contributed by atoms with E-state index >= 15 is 0 Å². The van der Waals surface area contributed by atoms with Crippen molar-refractivity contribution in [3.63, 3.8) is 0 Å². The average Bonchev–Trinajstić information content (AvgIpc) is 3.55. The van der Waals surface area contributed by atoms with Gasteiger partial charge in [-0.15, -0.1) is 21.5 Å². The van der Waals surface area contributed by atoms with E-state index in [1.807, 2.05) is 11.4 Å². The average molecular weight is 485 g/mol. The number of ether oxygens (including phenoxy) is 1. The molecule has 3 aromatic rings. The molecule has 176 valence electrons. The number of nitrogens with one attached hydrogen (secondary N) is 1. The van der Waals surface area contributed by atoms with E-state index in [-0.39, 0.29) is 17.8 Å². The maximum absolute atomic E-state index is 13.0. The lowest BCUT2D eigenvalue weighted by Gasteiger charge is -2.20. The summed E-state index contributed by atoms with van der Waals surface area (Å²) in [5.74, 6) is 1.75. The van der Waals surface area contributed by atoms with E-state index in [1.54, 1.807) is 11.3 Å². The van der Waals surface area contributed by atoms with Crippen LogP contribution in [0, 0.1) is 0 Å². The summed E-state index contributed by atoms with van der Waals surface area (Å²) in [6, 6.07) is 10.4. The molecule has 2 aromatic heterocycles. The van der Waals surface area contributed by atoms with E-state index in [9.17, 15) is 4.79 Å². The second-order valence-corrected chi connectivity index (χ2v) is 10.9. The predicted molar refractivity (Wildman–Crippen MR) is 136 cm³/mol. The SMILES string of the molecule is CC(C)c1cccc(C(C)C)c1NC(=O)CSc1nnc(-c2cccs2)n1C[C@H]1CCCO1. The quantitative estimate of drug-likeness (QED) is 0.368. The predicted octanol–water partition coefficient (Wildman–Crippen LogP) is 6.16. The van der Waals surface area contributed by atoms with Crippen LogP contribution in [0.3, 0.4) is 0 Å². The largest absolute Gasteiger partial charge is 0.376 e. The van der Waals surface area contributed by atoms with Gasteiger partial charge in [-0.1, -0.05) is 63.7 Å². The van der Waals surface area contributed by atoms with E-state index in [2.05, 4.69) is 72.0 Å². The number of aromatic nitrogens is 3. The fourth-order valence-electron chi connectivity index (χ4n) is 4.14. The Morgan fingerprint density at radius 2 is 1.94 bits per heavy atom. The highest BCUT2D eigenvalue weighted by atomic mass is 32.2. The normalized spacial score (nSPS) is 16.1. The number of benzene rings is 1. The summed E-state index contributed by atoms with van der Waals surface area (Å²) < 4.78 is 7.98. The van der Waals surface area contributed by atoms with Crippen molar-refractivity contribution in [3.05, 3.63) is 46.8 Å². The minimum absolute atomic E-state index is 0.0284. The maximum Gasteiger partial charge on any atom is 0.234 e. The molecule has 1 atom stereocenters. The molecule has 3 heterocycles. The van der Waals surface area contributed by atoms with Crippen molar-refractivity contribution in [2.75, 3.05) is 17.7 Å². The third-order valence-electron chi connectivity index (χ3n) is 5.84. The molecule has 0 saturated carbocycles. The minimum Gasteiger partial charge on any atom is -0.376 e. The second-order valence-electron chi connectivity index (χ2n) is 8.99. The highest BCUT2D eigenvalue weighted by Gasteiger charge is 2.23. The smallest absolute Gasteiger partial charge is 0.234 e. The number of anilines is 1. The number of carbonyl (C=O) groups excluding carboxylic acids is 1. The van der Waals surface area contributed by atoms with Crippen LogP contribution in [0.2, 0.25) is 0 Å². The van der Waals surface area contributed by atoms with E-state index in [4.69, 9.17) is 4.74 Å². The molecule has 1 aliphatic heterocycles. The van der Waals surface area contributed by atoms with Crippen molar-refractivity contribution in [2.45, 2.75) is 70.2 Å². The van der Waals surface area contributed by atoms with Crippen molar-refractivity contribution in [2.24, 2.45) is 0 Å². The first-order valence-corrected chi connectivity index (χ1v) is 13.4. The van der Waals surface area contributed by atoms with E-state index in [0.717, 1.165) is 41.0 Å². The number of thiophene rings is 1. The first-order chi connectivity index (χ1) is 15.9. The summed E-state index contributed by atoms with van der Waals surface area (Å²) in [6.07, 6.45) is 2.29. The molecule has 1 saturated heterocycles. The van der Waals surface area contributed by atoms with Crippen molar-refractivity contribution in [1.82, 2.24) is 14.8 Å². The van der Waals surface area contributed by atoms with Crippen molar-refractivity contribution >= 4 is 34.7 Å². The van der Waals surface area contributed by atoms with Gasteiger partial charge in [-0.05, 0) is 47.3 Å². The number of hydrogen-bond acceptors (Lipinski definition) is 6. The number of hydrogen-bond donors (Lipinski definition) is 1. The van der Waals surface area contributed by atoms with Gasteiger partial charge in [0.05, 0.1) is 23.3 Å². The molecule has 0 spiro atoms. The Bertz CT molecular complexity index is 1040. The zero-order chi connectivity index (χ0) is 23.4. The first-order valence-electron chi connectivity index (χ1n) is 11.6. The van der Waals surface area contributed by atoms with Crippen LogP contribution in [0.5, 0.6) is 0 Å². The Balaban J connectivity index is 1.51. The van der Waals surface area contributed by atoms with Crippen LogP contribution < -0.4 is 5.32 Å². The number of nitrogens with zero attached hydrogens (tertiary/aromatic N) is 3. The maximum atomic E-state index is 13.0. The van der Waals surface area contributed by atoms with Gasteiger partial charge >= 0.3 is 0 Å². The van der Waals surface area contributed by atoms with Crippen LogP contribution in [-0.4, -0.2) is 39.1 Å². The van der Waals surface area contributed by atoms with E-state index in [1.165, 1.54) is 22.9 Å².